The van der Waals surface area contributed by atoms with Crippen molar-refractivity contribution in [3.63, 3.8) is 0 Å². The van der Waals surface area contributed by atoms with Gasteiger partial charge in [-0.3, -0.25) is 4.99 Å². The van der Waals surface area contributed by atoms with Gasteiger partial charge in [0, 0.05) is 25.2 Å². The highest BCUT2D eigenvalue weighted by molar-refractivity contribution is 14.0. The molecule has 1 aliphatic rings. The Morgan fingerprint density at radius 2 is 2.14 bits per heavy atom. The van der Waals surface area contributed by atoms with Gasteiger partial charge in [0.2, 0.25) is 0 Å². The van der Waals surface area contributed by atoms with E-state index >= 15 is 0 Å². The highest BCUT2D eigenvalue weighted by Gasteiger charge is 2.33. The average molecular weight is 417 g/mol. The number of hydrogen-bond acceptors (Lipinski definition) is 2. The summed E-state index contributed by atoms with van der Waals surface area (Å²) in [6.45, 7) is 7.94. The number of halogens is 1. The summed E-state index contributed by atoms with van der Waals surface area (Å²) < 4.78 is 5.84. The van der Waals surface area contributed by atoms with Crippen LogP contribution in [0.3, 0.4) is 0 Å². The van der Waals surface area contributed by atoms with Crippen LogP contribution in [-0.4, -0.2) is 25.7 Å². The van der Waals surface area contributed by atoms with Crippen LogP contribution < -0.4 is 15.4 Å². The zero-order valence-corrected chi connectivity index (χ0v) is 16.3. The SMILES string of the molecule is CCCOc1cc(C)ccc1CNC(=NC)NC1CC1C.I. The fourth-order valence-corrected chi connectivity index (χ4v) is 2.23. The molecule has 2 N–H and O–H groups in total. The van der Waals surface area contributed by atoms with Crippen molar-refractivity contribution in [2.45, 2.75) is 46.2 Å². The number of aryl methyl sites for hydroxylation is 1. The molecule has 0 radical (unpaired) electrons. The van der Waals surface area contributed by atoms with Crippen molar-refractivity contribution in [1.29, 1.82) is 0 Å². The summed E-state index contributed by atoms with van der Waals surface area (Å²) in [7, 11) is 1.81. The van der Waals surface area contributed by atoms with Gasteiger partial charge in [0.05, 0.1) is 6.61 Å². The maximum Gasteiger partial charge on any atom is 0.191 e. The molecule has 1 aliphatic carbocycles. The van der Waals surface area contributed by atoms with E-state index in [0.29, 0.717) is 6.04 Å². The Morgan fingerprint density at radius 3 is 2.73 bits per heavy atom. The summed E-state index contributed by atoms with van der Waals surface area (Å²) >= 11 is 0. The molecule has 2 atom stereocenters. The molecule has 1 fully saturated rings. The highest BCUT2D eigenvalue weighted by Crippen LogP contribution is 2.28. The van der Waals surface area contributed by atoms with Gasteiger partial charge in [-0.05, 0) is 37.3 Å². The molecular weight excluding hydrogens is 389 g/mol. The van der Waals surface area contributed by atoms with Crippen LogP contribution in [0.1, 0.15) is 37.8 Å². The van der Waals surface area contributed by atoms with Crippen molar-refractivity contribution in [1.82, 2.24) is 10.6 Å². The van der Waals surface area contributed by atoms with Crippen LogP contribution in [-0.2, 0) is 6.54 Å². The summed E-state index contributed by atoms with van der Waals surface area (Å²) in [5, 5.41) is 6.81. The highest BCUT2D eigenvalue weighted by atomic mass is 127. The van der Waals surface area contributed by atoms with E-state index in [4.69, 9.17) is 4.74 Å². The molecule has 1 saturated carbocycles. The first kappa shape index (κ1) is 19.1. The number of nitrogens with zero attached hydrogens (tertiary/aromatic N) is 1. The van der Waals surface area contributed by atoms with E-state index in [2.05, 4.69) is 54.6 Å². The number of rotatable bonds is 6. The molecular formula is C17H28IN3O. The Labute approximate surface area is 151 Å². The molecule has 1 aromatic rings. The van der Waals surface area contributed by atoms with Gasteiger partial charge in [-0.15, -0.1) is 24.0 Å². The monoisotopic (exact) mass is 417 g/mol. The quantitative estimate of drug-likeness (QED) is 0.423. The minimum atomic E-state index is 0. The van der Waals surface area contributed by atoms with Gasteiger partial charge < -0.3 is 15.4 Å². The number of ether oxygens (including phenoxy) is 1. The lowest BCUT2D eigenvalue weighted by Gasteiger charge is -2.15. The van der Waals surface area contributed by atoms with E-state index in [1.165, 1.54) is 17.5 Å². The predicted molar refractivity (Wildman–Crippen MR) is 103 cm³/mol. The summed E-state index contributed by atoms with van der Waals surface area (Å²) in [5.74, 6) is 2.59. The van der Waals surface area contributed by atoms with E-state index < -0.39 is 0 Å². The Hall–Kier alpha value is -0.980. The number of hydrogen-bond donors (Lipinski definition) is 2. The molecule has 22 heavy (non-hydrogen) atoms. The van der Waals surface area contributed by atoms with E-state index in [0.717, 1.165) is 37.2 Å². The number of guanidine groups is 1. The minimum Gasteiger partial charge on any atom is -0.493 e. The van der Waals surface area contributed by atoms with Crippen molar-refractivity contribution in [3.05, 3.63) is 29.3 Å². The first-order valence-electron chi connectivity index (χ1n) is 7.83. The van der Waals surface area contributed by atoms with Crippen molar-refractivity contribution in [3.8, 4) is 5.75 Å². The number of aliphatic imine (C=N–C) groups is 1. The second kappa shape index (κ2) is 9.22. The number of nitrogens with one attached hydrogen (secondary N) is 2. The molecule has 0 aliphatic heterocycles. The van der Waals surface area contributed by atoms with Gasteiger partial charge in [0.25, 0.3) is 0 Å². The van der Waals surface area contributed by atoms with E-state index in [1.54, 1.807) is 0 Å². The Kier molecular flexibility index (Phi) is 8.00. The summed E-state index contributed by atoms with van der Waals surface area (Å²) in [6.07, 6.45) is 2.25. The lowest BCUT2D eigenvalue weighted by molar-refractivity contribution is 0.313. The normalized spacial score (nSPS) is 20.1. The molecule has 0 amide bonds. The van der Waals surface area contributed by atoms with Crippen molar-refractivity contribution >= 4 is 29.9 Å². The first-order chi connectivity index (χ1) is 10.1. The first-order valence-corrected chi connectivity index (χ1v) is 7.83. The molecule has 4 nitrogen and oxygen atoms in total. The predicted octanol–water partition coefficient (Wildman–Crippen LogP) is 3.48. The smallest absolute Gasteiger partial charge is 0.191 e. The van der Waals surface area contributed by atoms with Crippen molar-refractivity contribution in [2.24, 2.45) is 10.9 Å². The molecule has 0 heterocycles. The van der Waals surface area contributed by atoms with Crippen LogP contribution in [0.15, 0.2) is 23.2 Å². The second-order valence-corrected chi connectivity index (χ2v) is 5.85. The fraction of sp³-hybridized carbons (Fsp3) is 0.588. The molecule has 0 saturated heterocycles. The molecule has 2 unspecified atom stereocenters. The molecule has 0 spiro atoms. The third-order valence-corrected chi connectivity index (χ3v) is 3.79. The van der Waals surface area contributed by atoms with Crippen LogP contribution in [0.4, 0.5) is 0 Å². The average Bonchev–Trinajstić information content (AvgIpc) is 3.17. The van der Waals surface area contributed by atoms with Gasteiger partial charge in [0.1, 0.15) is 5.75 Å². The second-order valence-electron chi connectivity index (χ2n) is 5.85. The lowest BCUT2D eigenvalue weighted by atomic mass is 10.1. The van der Waals surface area contributed by atoms with Gasteiger partial charge in [-0.25, -0.2) is 0 Å². The van der Waals surface area contributed by atoms with Crippen molar-refractivity contribution in [2.75, 3.05) is 13.7 Å². The fourth-order valence-electron chi connectivity index (χ4n) is 2.23. The van der Waals surface area contributed by atoms with Crippen LogP contribution in [0.2, 0.25) is 0 Å². The zero-order chi connectivity index (χ0) is 15.2. The van der Waals surface area contributed by atoms with Crippen LogP contribution in [0.5, 0.6) is 5.75 Å². The van der Waals surface area contributed by atoms with Gasteiger partial charge in [0.15, 0.2) is 5.96 Å². The molecule has 1 aromatic carbocycles. The molecule has 124 valence electrons. The third kappa shape index (κ3) is 5.66. The van der Waals surface area contributed by atoms with Crippen LogP contribution >= 0.6 is 24.0 Å². The maximum absolute atomic E-state index is 5.84. The van der Waals surface area contributed by atoms with Gasteiger partial charge in [-0.2, -0.15) is 0 Å². The molecule has 0 bridgehead atoms. The summed E-state index contributed by atoms with van der Waals surface area (Å²) in [5.41, 5.74) is 2.39. The molecule has 2 rings (SSSR count). The van der Waals surface area contributed by atoms with E-state index in [9.17, 15) is 0 Å². The Morgan fingerprint density at radius 1 is 1.41 bits per heavy atom. The van der Waals surface area contributed by atoms with E-state index in [-0.39, 0.29) is 24.0 Å². The Balaban J connectivity index is 0.00000242. The lowest BCUT2D eigenvalue weighted by Crippen LogP contribution is -2.38. The Bertz CT molecular complexity index is 505. The third-order valence-electron chi connectivity index (χ3n) is 3.79. The summed E-state index contributed by atoms with van der Waals surface area (Å²) in [4.78, 5) is 4.28. The number of benzene rings is 1. The van der Waals surface area contributed by atoms with Gasteiger partial charge >= 0.3 is 0 Å². The summed E-state index contributed by atoms with van der Waals surface area (Å²) in [6, 6.07) is 6.92. The van der Waals surface area contributed by atoms with Gasteiger partial charge in [-0.1, -0.05) is 26.0 Å². The van der Waals surface area contributed by atoms with E-state index in [1.807, 2.05) is 7.05 Å². The topological polar surface area (TPSA) is 45.6 Å². The minimum absolute atomic E-state index is 0. The van der Waals surface area contributed by atoms with Crippen LogP contribution in [0, 0.1) is 12.8 Å². The molecule has 0 aromatic heterocycles. The van der Waals surface area contributed by atoms with Crippen molar-refractivity contribution < 1.29 is 4.74 Å². The van der Waals surface area contributed by atoms with Crippen LogP contribution in [0.25, 0.3) is 0 Å². The maximum atomic E-state index is 5.84. The largest absolute Gasteiger partial charge is 0.493 e. The zero-order valence-electron chi connectivity index (χ0n) is 14.0. The standard InChI is InChI=1S/C17H27N3O.HI/c1-5-8-21-16-9-12(2)6-7-14(16)11-19-17(18-4)20-15-10-13(15)3;/h6-7,9,13,15H,5,8,10-11H2,1-4H3,(H2,18,19,20);1H. The molecule has 5 heteroatoms.